The maximum atomic E-state index is 13.1. The molecule has 0 aromatic heterocycles. The summed E-state index contributed by atoms with van der Waals surface area (Å²) in [7, 11) is 0. The number of hydrogen-bond donors (Lipinski definition) is 0. The molecule has 122 valence electrons. The van der Waals surface area contributed by atoms with E-state index in [-0.39, 0.29) is 5.78 Å². The molecule has 0 bridgehead atoms. The third-order valence-corrected chi connectivity index (χ3v) is 4.97. The van der Waals surface area contributed by atoms with Crippen molar-refractivity contribution in [1.29, 1.82) is 5.26 Å². The van der Waals surface area contributed by atoms with Gasteiger partial charge in [0.25, 0.3) is 0 Å². The fourth-order valence-electron chi connectivity index (χ4n) is 3.41. The summed E-state index contributed by atoms with van der Waals surface area (Å²) >= 11 is 6.65. The first kappa shape index (κ1) is 16.7. The highest BCUT2D eigenvalue weighted by molar-refractivity contribution is 6.22. The van der Waals surface area contributed by atoms with Gasteiger partial charge in [-0.15, -0.1) is 11.6 Å². The van der Waals surface area contributed by atoms with Gasteiger partial charge in [-0.1, -0.05) is 54.6 Å². The van der Waals surface area contributed by atoms with Crippen LogP contribution in [0.4, 0.5) is 0 Å². The predicted octanol–water partition coefficient (Wildman–Crippen LogP) is 4.49. The number of hydrogen-bond acceptors (Lipinski definition) is 3. The van der Waals surface area contributed by atoms with E-state index < -0.39 is 23.3 Å². The zero-order chi connectivity index (χ0) is 17.1. The quantitative estimate of drug-likeness (QED) is 0.609. The number of carbonyl (C=O) groups excluding carboxylic acids is 1. The number of benzene rings is 2. The molecule has 2 aromatic carbocycles. The lowest BCUT2D eigenvalue weighted by Crippen LogP contribution is -2.42. The summed E-state index contributed by atoms with van der Waals surface area (Å²) in [5.74, 6) is -1.28. The van der Waals surface area contributed by atoms with Crippen LogP contribution in [-0.4, -0.2) is 18.5 Å². The highest BCUT2D eigenvalue weighted by atomic mass is 35.5. The molecule has 3 nitrogen and oxygen atoms in total. The Bertz CT molecular complexity index is 769. The van der Waals surface area contributed by atoms with Gasteiger partial charge in [-0.25, -0.2) is 0 Å². The molecule has 4 atom stereocenters. The SMILES string of the molecule is CCO[C@@H]1[C@@H](C(=O)c2ccccc2)[C@@H](C#N)c2ccccc2[C@@H]1Cl. The van der Waals surface area contributed by atoms with E-state index in [0.29, 0.717) is 12.2 Å². The lowest BCUT2D eigenvalue weighted by Gasteiger charge is -2.38. The summed E-state index contributed by atoms with van der Waals surface area (Å²) in [6.07, 6.45) is -0.524. The number of carbonyl (C=O) groups is 1. The second-order valence-corrected chi connectivity index (χ2v) is 6.28. The molecule has 1 aliphatic carbocycles. The molecule has 4 heteroatoms. The van der Waals surface area contributed by atoms with E-state index >= 15 is 0 Å². The van der Waals surface area contributed by atoms with Crippen molar-refractivity contribution in [3.05, 3.63) is 71.3 Å². The molecule has 0 saturated heterocycles. The number of ketones is 1. The normalized spacial score (nSPS) is 25.5. The zero-order valence-electron chi connectivity index (χ0n) is 13.4. The molecule has 2 aromatic rings. The lowest BCUT2D eigenvalue weighted by molar-refractivity contribution is 0.0101. The van der Waals surface area contributed by atoms with Crippen LogP contribution < -0.4 is 0 Å². The van der Waals surface area contributed by atoms with Crippen molar-refractivity contribution in [3.8, 4) is 6.07 Å². The third-order valence-electron chi connectivity index (χ3n) is 4.49. The Morgan fingerprint density at radius 3 is 2.38 bits per heavy atom. The summed E-state index contributed by atoms with van der Waals surface area (Å²) in [4.78, 5) is 13.1. The van der Waals surface area contributed by atoms with E-state index in [0.717, 1.165) is 11.1 Å². The van der Waals surface area contributed by atoms with E-state index in [4.69, 9.17) is 16.3 Å². The van der Waals surface area contributed by atoms with E-state index in [2.05, 4.69) is 6.07 Å². The Morgan fingerprint density at radius 1 is 1.12 bits per heavy atom. The molecule has 0 amide bonds. The molecule has 0 fully saturated rings. The standard InChI is InChI=1S/C20H18ClNO2/c1-2-24-20-17(19(23)13-8-4-3-5-9-13)16(12-22)14-10-6-7-11-15(14)18(20)21/h3-11,16-18,20H,2H2,1H3/t16-,17+,18-,20+/m0/s1. The van der Waals surface area contributed by atoms with Gasteiger partial charge in [0.15, 0.2) is 5.78 Å². The highest BCUT2D eigenvalue weighted by Gasteiger charge is 2.46. The third kappa shape index (κ3) is 2.84. The Kier molecular flexibility index (Phi) is 4.99. The molecular weight excluding hydrogens is 322 g/mol. The molecule has 0 radical (unpaired) electrons. The Labute approximate surface area is 146 Å². The maximum absolute atomic E-state index is 13.1. The van der Waals surface area contributed by atoms with Crippen molar-refractivity contribution < 1.29 is 9.53 Å². The first-order valence-corrected chi connectivity index (χ1v) is 8.46. The molecule has 3 rings (SSSR count). The van der Waals surface area contributed by atoms with Crippen LogP contribution in [0.5, 0.6) is 0 Å². The van der Waals surface area contributed by atoms with Crippen molar-refractivity contribution in [3.63, 3.8) is 0 Å². The molecule has 0 heterocycles. The van der Waals surface area contributed by atoms with Crippen molar-refractivity contribution in [2.75, 3.05) is 6.61 Å². The molecule has 0 unspecified atom stereocenters. The molecule has 1 aliphatic rings. The van der Waals surface area contributed by atoms with Crippen molar-refractivity contribution >= 4 is 17.4 Å². The number of nitrogens with zero attached hydrogens (tertiary/aromatic N) is 1. The zero-order valence-corrected chi connectivity index (χ0v) is 14.1. The van der Waals surface area contributed by atoms with Gasteiger partial charge in [0.05, 0.1) is 29.4 Å². The summed E-state index contributed by atoms with van der Waals surface area (Å²) in [6, 6.07) is 18.9. The summed E-state index contributed by atoms with van der Waals surface area (Å²) in [5.41, 5.74) is 2.28. The van der Waals surface area contributed by atoms with Gasteiger partial charge in [0, 0.05) is 12.2 Å². The Hall–Kier alpha value is -2.15. The summed E-state index contributed by atoms with van der Waals surface area (Å²) < 4.78 is 5.84. The van der Waals surface area contributed by atoms with Crippen LogP contribution in [-0.2, 0) is 4.74 Å². The van der Waals surface area contributed by atoms with Crippen LogP contribution in [0.15, 0.2) is 54.6 Å². The van der Waals surface area contributed by atoms with Crippen LogP contribution >= 0.6 is 11.6 Å². The van der Waals surface area contributed by atoms with Crippen LogP contribution in [0.25, 0.3) is 0 Å². The number of alkyl halides is 1. The number of fused-ring (bicyclic) bond motifs is 1. The largest absolute Gasteiger partial charge is 0.376 e. The van der Waals surface area contributed by atoms with Gasteiger partial charge in [0.1, 0.15) is 0 Å². The average Bonchev–Trinajstić information content (AvgIpc) is 2.64. The van der Waals surface area contributed by atoms with Crippen LogP contribution in [0.2, 0.25) is 0 Å². The fraction of sp³-hybridized carbons (Fsp3) is 0.300. The topological polar surface area (TPSA) is 50.1 Å². The fourth-order valence-corrected chi connectivity index (χ4v) is 3.84. The van der Waals surface area contributed by atoms with Crippen molar-refractivity contribution in [2.24, 2.45) is 5.92 Å². The minimum Gasteiger partial charge on any atom is -0.376 e. The van der Waals surface area contributed by atoms with Gasteiger partial charge >= 0.3 is 0 Å². The first-order valence-electron chi connectivity index (χ1n) is 8.02. The number of nitriles is 1. The minimum atomic E-state index is -0.616. The first-order chi connectivity index (χ1) is 11.7. The molecule has 0 saturated carbocycles. The van der Waals surface area contributed by atoms with Crippen LogP contribution in [0, 0.1) is 17.2 Å². The van der Waals surface area contributed by atoms with E-state index in [1.165, 1.54) is 0 Å². The van der Waals surface area contributed by atoms with Gasteiger partial charge in [-0.05, 0) is 18.1 Å². The number of Topliss-reactive ketones (excluding diaryl/α,β-unsaturated/α-hetero) is 1. The van der Waals surface area contributed by atoms with Crippen LogP contribution in [0.1, 0.15) is 39.7 Å². The Morgan fingerprint density at radius 2 is 1.75 bits per heavy atom. The summed E-state index contributed by atoms with van der Waals surface area (Å²) in [6.45, 7) is 2.31. The van der Waals surface area contributed by atoms with Gasteiger partial charge in [0.2, 0.25) is 0 Å². The molecule has 0 N–H and O–H groups in total. The van der Waals surface area contributed by atoms with E-state index in [1.54, 1.807) is 12.1 Å². The lowest BCUT2D eigenvalue weighted by atomic mass is 9.70. The highest BCUT2D eigenvalue weighted by Crippen LogP contribution is 2.46. The van der Waals surface area contributed by atoms with Crippen molar-refractivity contribution in [1.82, 2.24) is 0 Å². The number of ether oxygens (including phenoxy) is 1. The van der Waals surface area contributed by atoms with Gasteiger partial charge < -0.3 is 4.74 Å². The number of halogens is 1. The molecule has 0 spiro atoms. The molecular formula is C20H18ClNO2. The van der Waals surface area contributed by atoms with E-state index in [1.807, 2.05) is 49.4 Å². The second kappa shape index (κ2) is 7.17. The maximum Gasteiger partial charge on any atom is 0.170 e. The second-order valence-electron chi connectivity index (χ2n) is 5.81. The van der Waals surface area contributed by atoms with Gasteiger partial charge in [-0.2, -0.15) is 5.26 Å². The Balaban J connectivity index is 2.11. The van der Waals surface area contributed by atoms with Gasteiger partial charge in [-0.3, -0.25) is 4.79 Å². The van der Waals surface area contributed by atoms with Crippen LogP contribution in [0.3, 0.4) is 0 Å². The summed E-state index contributed by atoms with van der Waals surface area (Å²) in [5, 5.41) is 9.32. The van der Waals surface area contributed by atoms with E-state index in [9.17, 15) is 10.1 Å². The predicted molar refractivity (Wildman–Crippen MR) is 93.1 cm³/mol. The average molecular weight is 340 g/mol. The van der Waals surface area contributed by atoms with Crippen molar-refractivity contribution in [2.45, 2.75) is 24.3 Å². The molecule has 0 aliphatic heterocycles. The number of rotatable bonds is 4. The smallest absolute Gasteiger partial charge is 0.170 e. The minimum absolute atomic E-state index is 0.0965. The molecule has 24 heavy (non-hydrogen) atoms. The monoisotopic (exact) mass is 339 g/mol.